The first-order valence-electron chi connectivity index (χ1n) is 8.83. The lowest BCUT2D eigenvalue weighted by molar-refractivity contribution is 0.102. The van der Waals surface area contributed by atoms with Gasteiger partial charge in [-0.15, -0.1) is 0 Å². The van der Waals surface area contributed by atoms with Crippen LogP contribution in [0.4, 0.5) is 11.4 Å². The third-order valence-corrected chi connectivity index (χ3v) is 6.19. The van der Waals surface area contributed by atoms with Crippen LogP contribution in [0.2, 0.25) is 0 Å². The van der Waals surface area contributed by atoms with Gasteiger partial charge in [0.15, 0.2) is 0 Å². The fourth-order valence-electron chi connectivity index (χ4n) is 2.71. The van der Waals surface area contributed by atoms with Crippen molar-refractivity contribution in [3.63, 3.8) is 0 Å². The van der Waals surface area contributed by atoms with E-state index in [0.717, 1.165) is 5.56 Å². The van der Waals surface area contributed by atoms with Gasteiger partial charge in [-0.2, -0.15) is 5.26 Å². The van der Waals surface area contributed by atoms with Gasteiger partial charge in [0.05, 0.1) is 23.1 Å². The van der Waals surface area contributed by atoms with Crippen LogP contribution in [0, 0.1) is 11.3 Å². The van der Waals surface area contributed by atoms with Gasteiger partial charge in [0.25, 0.3) is 15.9 Å². The predicted molar refractivity (Wildman–Crippen MR) is 112 cm³/mol. The number of rotatable bonds is 6. The van der Waals surface area contributed by atoms with Crippen LogP contribution in [0.3, 0.4) is 0 Å². The highest BCUT2D eigenvalue weighted by atomic mass is 32.2. The normalized spacial score (nSPS) is 10.8. The number of nitriles is 1. The number of sulfonamides is 1. The van der Waals surface area contributed by atoms with E-state index in [0.29, 0.717) is 23.4 Å². The summed E-state index contributed by atoms with van der Waals surface area (Å²) < 4.78 is 26.6. The maximum atomic E-state index is 12.7. The third kappa shape index (κ3) is 4.62. The second kappa shape index (κ2) is 8.59. The molecule has 0 aliphatic heterocycles. The fourth-order valence-corrected chi connectivity index (χ4v) is 3.93. The first-order valence-corrected chi connectivity index (χ1v) is 10.3. The first kappa shape index (κ1) is 20.1. The van der Waals surface area contributed by atoms with E-state index >= 15 is 0 Å². The van der Waals surface area contributed by atoms with Gasteiger partial charge >= 0.3 is 0 Å². The van der Waals surface area contributed by atoms with E-state index in [2.05, 4.69) is 11.4 Å². The zero-order valence-electron chi connectivity index (χ0n) is 15.7. The second-order valence-electron chi connectivity index (χ2n) is 6.32. The van der Waals surface area contributed by atoms with Crippen LogP contribution < -0.4 is 9.62 Å². The summed E-state index contributed by atoms with van der Waals surface area (Å²) in [5.41, 5.74) is 2.34. The van der Waals surface area contributed by atoms with Gasteiger partial charge in [0.1, 0.15) is 0 Å². The molecular formula is C22H19N3O3S. The second-order valence-corrected chi connectivity index (χ2v) is 8.29. The van der Waals surface area contributed by atoms with Gasteiger partial charge in [-0.3, -0.25) is 9.10 Å². The van der Waals surface area contributed by atoms with Crippen molar-refractivity contribution in [2.24, 2.45) is 0 Å². The van der Waals surface area contributed by atoms with Crippen LogP contribution in [0.1, 0.15) is 15.9 Å². The maximum Gasteiger partial charge on any atom is 0.264 e. The Hall–Kier alpha value is -3.63. The molecule has 146 valence electrons. The van der Waals surface area contributed by atoms with E-state index < -0.39 is 10.0 Å². The van der Waals surface area contributed by atoms with Gasteiger partial charge in [0, 0.05) is 18.3 Å². The Labute approximate surface area is 170 Å². The average molecular weight is 405 g/mol. The van der Waals surface area contributed by atoms with E-state index in [-0.39, 0.29) is 10.8 Å². The number of amides is 1. The summed E-state index contributed by atoms with van der Waals surface area (Å²) >= 11 is 0. The average Bonchev–Trinajstić information content (AvgIpc) is 2.75. The van der Waals surface area contributed by atoms with Gasteiger partial charge in [-0.05, 0) is 54.1 Å². The molecule has 7 heteroatoms. The molecule has 3 aromatic rings. The molecule has 0 unspecified atom stereocenters. The summed E-state index contributed by atoms with van der Waals surface area (Å²) in [4.78, 5) is 12.6. The van der Waals surface area contributed by atoms with Crippen molar-refractivity contribution in [3.05, 3.63) is 90.0 Å². The molecule has 0 aromatic heterocycles. The summed E-state index contributed by atoms with van der Waals surface area (Å²) in [7, 11) is -2.20. The minimum atomic E-state index is -3.67. The molecule has 0 spiro atoms. The van der Waals surface area contributed by atoms with Crippen molar-refractivity contribution in [1.29, 1.82) is 5.26 Å². The Morgan fingerprint density at radius 1 is 0.966 bits per heavy atom. The van der Waals surface area contributed by atoms with Gasteiger partial charge in [-0.25, -0.2) is 8.42 Å². The molecule has 0 saturated heterocycles. The minimum absolute atomic E-state index is 0.198. The molecule has 0 radical (unpaired) electrons. The maximum absolute atomic E-state index is 12.7. The predicted octanol–water partition coefficient (Wildman–Crippen LogP) is 3.83. The highest BCUT2D eigenvalue weighted by Gasteiger charge is 2.21. The van der Waals surface area contributed by atoms with Gasteiger partial charge in [0.2, 0.25) is 0 Å². The Morgan fingerprint density at radius 2 is 1.59 bits per heavy atom. The summed E-state index contributed by atoms with van der Waals surface area (Å²) in [5, 5.41) is 11.5. The Balaban J connectivity index is 1.72. The van der Waals surface area contributed by atoms with Crippen LogP contribution >= 0.6 is 0 Å². The van der Waals surface area contributed by atoms with Gasteiger partial charge in [-0.1, -0.05) is 30.3 Å². The minimum Gasteiger partial charge on any atom is -0.322 e. The smallest absolute Gasteiger partial charge is 0.264 e. The van der Waals surface area contributed by atoms with Crippen molar-refractivity contribution >= 4 is 27.3 Å². The van der Waals surface area contributed by atoms with Crippen molar-refractivity contribution in [1.82, 2.24) is 0 Å². The summed E-state index contributed by atoms with van der Waals surface area (Å²) in [6.45, 7) is 0. The molecule has 6 nitrogen and oxygen atoms in total. The zero-order valence-corrected chi connectivity index (χ0v) is 16.6. The Bertz CT molecular complexity index is 1130. The Kier molecular flexibility index (Phi) is 5.96. The van der Waals surface area contributed by atoms with E-state index in [1.54, 1.807) is 66.7 Å². The zero-order chi connectivity index (χ0) is 20.9. The van der Waals surface area contributed by atoms with E-state index in [1.165, 1.54) is 23.5 Å². The van der Waals surface area contributed by atoms with Crippen molar-refractivity contribution < 1.29 is 13.2 Å². The number of carbonyl (C=O) groups excluding carboxylic acids is 1. The van der Waals surface area contributed by atoms with Crippen LogP contribution in [0.25, 0.3) is 0 Å². The van der Waals surface area contributed by atoms with Gasteiger partial charge < -0.3 is 5.32 Å². The molecule has 0 fully saturated rings. The van der Waals surface area contributed by atoms with Crippen molar-refractivity contribution in [2.75, 3.05) is 16.7 Å². The molecule has 1 amide bonds. The highest BCUT2D eigenvalue weighted by molar-refractivity contribution is 7.92. The lowest BCUT2D eigenvalue weighted by Gasteiger charge is -2.19. The molecule has 0 saturated carbocycles. The third-order valence-electron chi connectivity index (χ3n) is 4.39. The number of nitrogens with zero attached hydrogens (tertiary/aromatic N) is 2. The first-order chi connectivity index (χ1) is 13.9. The number of hydrogen-bond donors (Lipinski definition) is 1. The Morgan fingerprint density at radius 3 is 2.17 bits per heavy atom. The van der Waals surface area contributed by atoms with Crippen molar-refractivity contribution in [3.8, 4) is 6.07 Å². The van der Waals surface area contributed by atoms with Crippen LogP contribution in [0.15, 0.2) is 83.8 Å². The van der Waals surface area contributed by atoms with E-state index in [4.69, 9.17) is 5.26 Å². The number of carbonyl (C=O) groups is 1. The monoisotopic (exact) mass is 405 g/mol. The standard InChI is InChI=1S/C22H19N3O3S/c1-25(29(27,28)21-5-3-2-4-6-21)20-13-9-18(10-14-20)22(26)24-19-11-7-17(8-12-19)15-16-23/h2-14H,15H2,1H3,(H,24,26). The van der Waals surface area contributed by atoms with E-state index in [1.807, 2.05) is 0 Å². The SMILES string of the molecule is CN(c1ccc(C(=O)Nc2ccc(CC#N)cc2)cc1)S(=O)(=O)c1ccccc1. The lowest BCUT2D eigenvalue weighted by Crippen LogP contribution is -2.26. The molecule has 3 aromatic carbocycles. The highest BCUT2D eigenvalue weighted by Crippen LogP contribution is 2.22. The number of hydrogen-bond acceptors (Lipinski definition) is 4. The topological polar surface area (TPSA) is 90.3 Å². The molecule has 29 heavy (non-hydrogen) atoms. The molecule has 3 rings (SSSR count). The van der Waals surface area contributed by atoms with Crippen LogP contribution in [0.5, 0.6) is 0 Å². The molecule has 0 aliphatic carbocycles. The number of benzene rings is 3. The number of anilines is 2. The van der Waals surface area contributed by atoms with E-state index in [9.17, 15) is 13.2 Å². The summed E-state index contributed by atoms with van der Waals surface area (Å²) in [6, 6.07) is 23.6. The molecule has 0 atom stereocenters. The largest absolute Gasteiger partial charge is 0.322 e. The summed E-state index contributed by atoms with van der Waals surface area (Å²) in [6.07, 6.45) is 0.315. The fraction of sp³-hybridized carbons (Fsp3) is 0.0909. The quantitative estimate of drug-likeness (QED) is 0.675. The molecule has 0 aliphatic rings. The molecule has 0 heterocycles. The van der Waals surface area contributed by atoms with Crippen LogP contribution in [-0.2, 0) is 16.4 Å². The number of nitrogens with one attached hydrogen (secondary N) is 1. The molecule has 1 N–H and O–H groups in total. The molecule has 0 bridgehead atoms. The molecular weight excluding hydrogens is 386 g/mol. The van der Waals surface area contributed by atoms with Crippen molar-refractivity contribution in [2.45, 2.75) is 11.3 Å². The van der Waals surface area contributed by atoms with Crippen LogP contribution in [-0.4, -0.2) is 21.4 Å². The summed E-state index contributed by atoms with van der Waals surface area (Å²) in [5.74, 6) is -0.307. The lowest BCUT2D eigenvalue weighted by atomic mass is 10.1.